The lowest BCUT2D eigenvalue weighted by Gasteiger charge is -2.43. The van der Waals surface area contributed by atoms with Crippen molar-refractivity contribution in [3.63, 3.8) is 0 Å². The van der Waals surface area contributed by atoms with E-state index in [1.807, 2.05) is 36.1 Å². The number of aromatic nitrogens is 1. The summed E-state index contributed by atoms with van der Waals surface area (Å²) >= 11 is 0. The smallest absolute Gasteiger partial charge is 0.229 e. The molecule has 0 N–H and O–H groups in total. The quantitative estimate of drug-likeness (QED) is 0.826. The van der Waals surface area contributed by atoms with Crippen molar-refractivity contribution >= 4 is 5.91 Å². The molecule has 0 radical (unpaired) electrons. The Morgan fingerprint density at radius 1 is 1.33 bits per heavy atom. The van der Waals surface area contributed by atoms with E-state index in [1.165, 1.54) is 6.42 Å². The topological polar surface area (TPSA) is 64.8 Å². The number of oxazole rings is 1. The van der Waals surface area contributed by atoms with Crippen LogP contribution in [0.5, 0.6) is 5.75 Å². The molecule has 2 aromatic rings. The number of rotatable bonds is 4. The lowest BCUT2D eigenvalue weighted by atomic mass is 9.90. The predicted octanol–water partition coefficient (Wildman–Crippen LogP) is 3.37. The van der Waals surface area contributed by atoms with Crippen LogP contribution in [-0.4, -0.2) is 48.2 Å². The molecular formula is C21H26N2O4. The molecule has 1 aliphatic carbocycles. The largest absolute Gasteiger partial charge is 0.497 e. The van der Waals surface area contributed by atoms with Crippen molar-refractivity contribution in [3.8, 4) is 17.2 Å². The van der Waals surface area contributed by atoms with Crippen LogP contribution >= 0.6 is 0 Å². The lowest BCUT2D eigenvalue weighted by molar-refractivity contribution is -0.148. The molecule has 1 aromatic heterocycles. The fourth-order valence-electron chi connectivity index (χ4n) is 4.12. The highest BCUT2D eigenvalue weighted by Crippen LogP contribution is 2.30. The summed E-state index contributed by atoms with van der Waals surface area (Å²) in [6, 6.07) is 7.79. The van der Waals surface area contributed by atoms with E-state index in [1.54, 1.807) is 7.11 Å². The number of carbonyl (C=O) groups is 1. The Kier molecular flexibility index (Phi) is 5.16. The van der Waals surface area contributed by atoms with Gasteiger partial charge in [0.15, 0.2) is 0 Å². The maximum Gasteiger partial charge on any atom is 0.229 e. The average Bonchev–Trinajstić information content (AvgIpc) is 3.08. The number of hydrogen-bond donors (Lipinski definition) is 0. The molecule has 6 heteroatoms. The van der Waals surface area contributed by atoms with Gasteiger partial charge in [0.05, 0.1) is 38.0 Å². The van der Waals surface area contributed by atoms with Crippen molar-refractivity contribution in [2.75, 3.05) is 20.3 Å². The first kappa shape index (κ1) is 18.0. The zero-order chi connectivity index (χ0) is 18.8. The van der Waals surface area contributed by atoms with E-state index >= 15 is 0 Å². The van der Waals surface area contributed by atoms with Crippen molar-refractivity contribution in [1.29, 1.82) is 0 Å². The van der Waals surface area contributed by atoms with Gasteiger partial charge in [-0.05, 0) is 38.0 Å². The van der Waals surface area contributed by atoms with Gasteiger partial charge in [-0.3, -0.25) is 4.79 Å². The van der Waals surface area contributed by atoms with Crippen LogP contribution in [0.15, 0.2) is 28.7 Å². The minimum Gasteiger partial charge on any atom is -0.497 e. The molecule has 2 fully saturated rings. The van der Waals surface area contributed by atoms with Crippen LogP contribution < -0.4 is 4.74 Å². The second-order valence-corrected chi connectivity index (χ2v) is 7.28. The fraction of sp³-hybridized carbons (Fsp3) is 0.524. The predicted molar refractivity (Wildman–Crippen MR) is 101 cm³/mol. The SMILES string of the molecule is COc1cccc(-c2nc(CC(=O)N3CCOC4CCCCC43)c(C)o2)c1. The molecule has 1 saturated heterocycles. The molecule has 1 aliphatic heterocycles. The number of carbonyl (C=O) groups excluding carboxylic acids is 1. The van der Waals surface area contributed by atoms with E-state index < -0.39 is 0 Å². The summed E-state index contributed by atoms with van der Waals surface area (Å²) in [6.07, 6.45) is 4.90. The third kappa shape index (κ3) is 3.72. The Labute approximate surface area is 159 Å². The van der Waals surface area contributed by atoms with Crippen molar-refractivity contribution < 1.29 is 18.7 Å². The number of methoxy groups -OCH3 is 1. The van der Waals surface area contributed by atoms with Crippen LogP contribution in [0.4, 0.5) is 0 Å². The van der Waals surface area contributed by atoms with E-state index in [9.17, 15) is 4.79 Å². The van der Waals surface area contributed by atoms with Crippen LogP contribution in [0.25, 0.3) is 11.5 Å². The van der Waals surface area contributed by atoms with E-state index in [4.69, 9.17) is 13.9 Å². The summed E-state index contributed by atoms with van der Waals surface area (Å²) < 4.78 is 17.0. The minimum absolute atomic E-state index is 0.115. The van der Waals surface area contributed by atoms with Crippen LogP contribution in [0.1, 0.15) is 37.1 Å². The van der Waals surface area contributed by atoms with Gasteiger partial charge in [0.2, 0.25) is 11.8 Å². The van der Waals surface area contributed by atoms with Crippen LogP contribution in [0, 0.1) is 6.92 Å². The highest BCUT2D eigenvalue weighted by molar-refractivity contribution is 5.79. The number of fused-ring (bicyclic) bond motifs is 1. The van der Waals surface area contributed by atoms with Gasteiger partial charge >= 0.3 is 0 Å². The molecule has 0 bridgehead atoms. The van der Waals surface area contributed by atoms with Crippen molar-refractivity contribution in [1.82, 2.24) is 9.88 Å². The average molecular weight is 370 g/mol. The molecule has 1 aromatic carbocycles. The van der Waals surface area contributed by atoms with E-state index in [2.05, 4.69) is 4.98 Å². The summed E-state index contributed by atoms with van der Waals surface area (Å²) in [5.41, 5.74) is 1.55. The standard InChI is InChI=1S/C21H26N2O4/c1-14-17(22-21(27-14)15-6-5-7-16(12-15)25-2)13-20(24)23-10-11-26-19-9-4-3-8-18(19)23/h5-7,12,18-19H,3-4,8-11,13H2,1-2H3. The number of hydrogen-bond acceptors (Lipinski definition) is 5. The van der Waals surface area contributed by atoms with Gasteiger partial charge in [0.1, 0.15) is 11.5 Å². The maximum atomic E-state index is 13.0. The molecule has 144 valence electrons. The van der Waals surface area contributed by atoms with Gasteiger partial charge in [-0.25, -0.2) is 4.98 Å². The maximum absolute atomic E-state index is 13.0. The summed E-state index contributed by atoms with van der Waals surface area (Å²) in [5.74, 6) is 2.07. The third-order valence-electron chi connectivity index (χ3n) is 5.58. The first-order chi connectivity index (χ1) is 13.2. The minimum atomic E-state index is 0.115. The first-order valence-corrected chi connectivity index (χ1v) is 9.67. The van der Waals surface area contributed by atoms with Crippen molar-refractivity contribution in [2.24, 2.45) is 0 Å². The van der Waals surface area contributed by atoms with E-state index in [0.717, 1.165) is 30.6 Å². The molecule has 0 spiro atoms. The molecule has 2 unspecified atom stereocenters. The Hall–Kier alpha value is -2.34. The molecule has 1 amide bonds. The van der Waals surface area contributed by atoms with Crippen molar-refractivity contribution in [3.05, 3.63) is 35.7 Å². The summed E-state index contributed by atoms with van der Waals surface area (Å²) in [5, 5.41) is 0. The fourth-order valence-corrected chi connectivity index (χ4v) is 4.12. The molecule has 6 nitrogen and oxygen atoms in total. The van der Waals surface area contributed by atoms with Gasteiger partial charge in [-0.15, -0.1) is 0 Å². The Balaban J connectivity index is 1.50. The Bertz CT molecular complexity index is 814. The van der Waals surface area contributed by atoms with Crippen molar-refractivity contribution in [2.45, 2.75) is 51.2 Å². The zero-order valence-corrected chi connectivity index (χ0v) is 15.9. The normalized spacial score (nSPS) is 22.4. The van der Waals surface area contributed by atoms with E-state index in [-0.39, 0.29) is 24.5 Å². The zero-order valence-electron chi connectivity index (χ0n) is 15.9. The van der Waals surface area contributed by atoms with Crippen LogP contribution in [0.2, 0.25) is 0 Å². The number of ether oxygens (including phenoxy) is 2. The Morgan fingerprint density at radius 2 is 2.19 bits per heavy atom. The molecular weight excluding hydrogens is 344 g/mol. The summed E-state index contributed by atoms with van der Waals surface area (Å²) in [4.78, 5) is 19.6. The molecule has 27 heavy (non-hydrogen) atoms. The number of amides is 1. The number of morpholine rings is 1. The monoisotopic (exact) mass is 370 g/mol. The van der Waals surface area contributed by atoms with Gasteiger partial charge in [-0.2, -0.15) is 0 Å². The highest BCUT2D eigenvalue weighted by atomic mass is 16.5. The highest BCUT2D eigenvalue weighted by Gasteiger charge is 2.36. The first-order valence-electron chi connectivity index (χ1n) is 9.67. The summed E-state index contributed by atoms with van der Waals surface area (Å²) in [7, 11) is 1.63. The second kappa shape index (κ2) is 7.72. The van der Waals surface area contributed by atoms with Crippen LogP contribution in [-0.2, 0) is 16.0 Å². The number of nitrogens with zero attached hydrogens (tertiary/aromatic N) is 2. The third-order valence-corrected chi connectivity index (χ3v) is 5.58. The summed E-state index contributed by atoms with van der Waals surface area (Å²) in [6.45, 7) is 3.15. The molecule has 4 rings (SSSR count). The van der Waals surface area contributed by atoms with Gasteiger partial charge in [-0.1, -0.05) is 18.9 Å². The van der Waals surface area contributed by atoms with Gasteiger partial charge in [0.25, 0.3) is 0 Å². The molecule has 2 aliphatic rings. The number of benzene rings is 1. The van der Waals surface area contributed by atoms with Crippen LogP contribution in [0.3, 0.4) is 0 Å². The van der Waals surface area contributed by atoms with Gasteiger partial charge < -0.3 is 18.8 Å². The molecule has 2 heterocycles. The number of aryl methyl sites for hydroxylation is 1. The van der Waals surface area contributed by atoms with E-state index in [0.29, 0.717) is 30.5 Å². The Morgan fingerprint density at radius 3 is 3.04 bits per heavy atom. The van der Waals surface area contributed by atoms with Gasteiger partial charge in [0, 0.05) is 12.1 Å². The lowest BCUT2D eigenvalue weighted by Crippen LogP contribution is -2.55. The molecule has 2 atom stereocenters. The molecule has 1 saturated carbocycles. The second-order valence-electron chi connectivity index (χ2n) is 7.28.